The highest BCUT2D eigenvalue weighted by Crippen LogP contribution is 2.58. The molecule has 2 fully saturated rings. The molecule has 3 heterocycles. The Morgan fingerprint density at radius 1 is 0.897 bits per heavy atom. The summed E-state index contributed by atoms with van der Waals surface area (Å²) in [5.74, 6) is 0. The number of anilines is 2. The maximum atomic E-state index is 3.92. The van der Waals surface area contributed by atoms with Crippen molar-refractivity contribution in [2.24, 2.45) is 0 Å². The summed E-state index contributed by atoms with van der Waals surface area (Å²) in [6, 6.07) is 31.8. The van der Waals surface area contributed by atoms with Gasteiger partial charge in [-0.05, 0) is 49.2 Å². The molecule has 1 spiro atoms. The minimum atomic E-state index is 0.140. The van der Waals surface area contributed by atoms with Crippen LogP contribution < -0.4 is 10.2 Å². The lowest BCUT2D eigenvalue weighted by atomic mass is 9.74. The van der Waals surface area contributed by atoms with Crippen LogP contribution in [0.2, 0.25) is 0 Å². The van der Waals surface area contributed by atoms with Crippen LogP contribution in [0.4, 0.5) is 11.4 Å². The number of nitrogens with one attached hydrogen (secondary N) is 1. The predicted octanol–water partition coefficient (Wildman–Crippen LogP) is 4.86. The molecular formula is C26H27N3. The van der Waals surface area contributed by atoms with E-state index in [0.29, 0.717) is 18.2 Å². The third-order valence-electron chi connectivity index (χ3n) is 7.40. The van der Waals surface area contributed by atoms with E-state index in [2.05, 4.69) is 107 Å². The van der Waals surface area contributed by atoms with Gasteiger partial charge in [0.1, 0.15) is 6.17 Å². The molecule has 29 heavy (non-hydrogen) atoms. The maximum absolute atomic E-state index is 3.92. The summed E-state index contributed by atoms with van der Waals surface area (Å²) < 4.78 is 0. The number of para-hydroxylation sites is 2. The number of fused-ring (bicyclic) bond motifs is 1. The summed E-state index contributed by atoms with van der Waals surface area (Å²) >= 11 is 0. The fourth-order valence-electron chi connectivity index (χ4n) is 6.39. The number of hydrogen-bond donors (Lipinski definition) is 1. The molecule has 146 valence electrons. The van der Waals surface area contributed by atoms with Gasteiger partial charge < -0.3 is 10.2 Å². The molecule has 3 heteroatoms. The first-order valence-electron chi connectivity index (χ1n) is 10.8. The van der Waals surface area contributed by atoms with E-state index in [1.165, 1.54) is 28.9 Å². The molecule has 2 saturated heterocycles. The summed E-state index contributed by atoms with van der Waals surface area (Å²) in [6.07, 6.45) is 1.51. The van der Waals surface area contributed by atoms with Crippen LogP contribution in [0.5, 0.6) is 0 Å². The van der Waals surface area contributed by atoms with E-state index in [1.54, 1.807) is 0 Å². The van der Waals surface area contributed by atoms with Crippen LogP contribution in [-0.4, -0.2) is 29.7 Å². The Labute approximate surface area is 173 Å². The first kappa shape index (κ1) is 17.1. The molecule has 0 aromatic heterocycles. The Morgan fingerprint density at radius 2 is 1.59 bits per heavy atom. The number of nitrogens with zero attached hydrogens (tertiary/aromatic N) is 2. The Balaban J connectivity index is 1.46. The summed E-state index contributed by atoms with van der Waals surface area (Å²) in [6.45, 7) is 4.60. The van der Waals surface area contributed by atoms with Gasteiger partial charge in [-0.3, -0.25) is 4.90 Å². The van der Waals surface area contributed by atoms with Crippen molar-refractivity contribution < 1.29 is 0 Å². The lowest BCUT2D eigenvalue weighted by Gasteiger charge is -2.34. The van der Waals surface area contributed by atoms with Gasteiger partial charge in [-0.2, -0.15) is 0 Å². The number of rotatable bonds is 3. The molecule has 0 radical (unpaired) electrons. The van der Waals surface area contributed by atoms with Crippen LogP contribution in [0, 0.1) is 0 Å². The standard InChI is InChI=1S/C26H27N3/c1-19-24-26(16-17-28(24)18-20-10-4-2-5-11-20)22-14-8-9-15-23(22)27-25(26)29(19)21-12-6-3-7-13-21/h2-15,19,24-25,27H,16-18H2,1H3/t19-,24+,25?,26?/m1/s1. The van der Waals surface area contributed by atoms with Gasteiger partial charge in [-0.15, -0.1) is 0 Å². The van der Waals surface area contributed by atoms with Crippen molar-refractivity contribution in [1.82, 2.24) is 4.90 Å². The average molecular weight is 382 g/mol. The average Bonchev–Trinajstić information content (AvgIpc) is 3.36. The van der Waals surface area contributed by atoms with Crippen molar-refractivity contribution >= 4 is 11.4 Å². The summed E-state index contributed by atoms with van der Waals surface area (Å²) in [5.41, 5.74) is 5.69. The van der Waals surface area contributed by atoms with Gasteiger partial charge in [0.15, 0.2) is 0 Å². The van der Waals surface area contributed by atoms with Crippen molar-refractivity contribution in [1.29, 1.82) is 0 Å². The highest BCUT2D eigenvalue weighted by atomic mass is 15.4. The molecule has 2 unspecified atom stereocenters. The van der Waals surface area contributed by atoms with Crippen molar-refractivity contribution in [3.8, 4) is 0 Å². The molecule has 6 rings (SSSR count). The lowest BCUT2D eigenvalue weighted by molar-refractivity contribution is 0.207. The van der Waals surface area contributed by atoms with Gasteiger partial charge in [-0.1, -0.05) is 66.7 Å². The monoisotopic (exact) mass is 381 g/mol. The largest absolute Gasteiger partial charge is 0.364 e. The molecule has 0 bridgehead atoms. The van der Waals surface area contributed by atoms with Crippen molar-refractivity contribution in [3.63, 3.8) is 0 Å². The zero-order valence-electron chi connectivity index (χ0n) is 16.8. The van der Waals surface area contributed by atoms with Gasteiger partial charge in [0.25, 0.3) is 0 Å². The van der Waals surface area contributed by atoms with E-state index >= 15 is 0 Å². The molecule has 0 aliphatic carbocycles. The number of benzene rings is 3. The maximum Gasteiger partial charge on any atom is 0.111 e. The van der Waals surface area contributed by atoms with Crippen LogP contribution in [0.3, 0.4) is 0 Å². The molecule has 3 aromatic carbocycles. The predicted molar refractivity (Wildman–Crippen MR) is 119 cm³/mol. The van der Waals surface area contributed by atoms with Gasteiger partial charge in [-0.25, -0.2) is 0 Å². The van der Waals surface area contributed by atoms with E-state index in [0.717, 1.165) is 13.1 Å². The molecule has 0 saturated carbocycles. The highest BCUT2D eigenvalue weighted by molar-refractivity contribution is 5.70. The van der Waals surface area contributed by atoms with E-state index in [1.807, 2.05) is 0 Å². The van der Waals surface area contributed by atoms with Gasteiger partial charge in [0, 0.05) is 30.0 Å². The van der Waals surface area contributed by atoms with Crippen molar-refractivity contribution in [2.75, 3.05) is 16.8 Å². The quantitative estimate of drug-likeness (QED) is 0.699. The van der Waals surface area contributed by atoms with Crippen LogP contribution in [-0.2, 0) is 12.0 Å². The fraction of sp³-hybridized carbons (Fsp3) is 0.308. The topological polar surface area (TPSA) is 18.5 Å². The SMILES string of the molecule is C[C@@H]1[C@@H]2N(Cc3ccccc3)CCC23c2ccccc2NC3N1c1ccccc1. The Kier molecular flexibility index (Phi) is 3.75. The Bertz CT molecular complexity index is 1020. The van der Waals surface area contributed by atoms with E-state index in [4.69, 9.17) is 0 Å². The smallest absolute Gasteiger partial charge is 0.111 e. The van der Waals surface area contributed by atoms with Crippen LogP contribution in [0.15, 0.2) is 84.9 Å². The molecule has 3 nitrogen and oxygen atoms in total. The van der Waals surface area contributed by atoms with Gasteiger partial charge in [0.05, 0.1) is 5.41 Å². The molecule has 3 aliphatic heterocycles. The normalized spacial score (nSPS) is 30.0. The summed E-state index contributed by atoms with van der Waals surface area (Å²) in [4.78, 5) is 5.38. The molecular weight excluding hydrogens is 354 g/mol. The first-order chi connectivity index (χ1) is 14.3. The summed E-state index contributed by atoms with van der Waals surface area (Å²) in [7, 11) is 0. The molecule has 4 atom stereocenters. The third kappa shape index (κ3) is 2.34. The lowest BCUT2D eigenvalue weighted by Crippen LogP contribution is -2.45. The minimum Gasteiger partial charge on any atom is -0.364 e. The van der Waals surface area contributed by atoms with Crippen molar-refractivity contribution in [2.45, 2.75) is 43.6 Å². The molecule has 1 N–H and O–H groups in total. The zero-order chi connectivity index (χ0) is 19.4. The molecule has 3 aliphatic rings. The molecule has 0 amide bonds. The van der Waals surface area contributed by atoms with Crippen LogP contribution in [0.25, 0.3) is 0 Å². The minimum absolute atomic E-state index is 0.140. The van der Waals surface area contributed by atoms with E-state index < -0.39 is 0 Å². The number of hydrogen-bond acceptors (Lipinski definition) is 3. The highest BCUT2D eigenvalue weighted by Gasteiger charge is 2.66. The van der Waals surface area contributed by atoms with Crippen LogP contribution in [0.1, 0.15) is 24.5 Å². The molecule has 3 aromatic rings. The first-order valence-corrected chi connectivity index (χ1v) is 10.8. The Morgan fingerprint density at radius 3 is 2.38 bits per heavy atom. The van der Waals surface area contributed by atoms with E-state index in [9.17, 15) is 0 Å². The second-order valence-electron chi connectivity index (χ2n) is 8.77. The van der Waals surface area contributed by atoms with Gasteiger partial charge in [0.2, 0.25) is 0 Å². The Hall–Kier alpha value is -2.78. The fourth-order valence-corrected chi connectivity index (χ4v) is 6.39. The third-order valence-corrected chi connectivity index (χ3v) is 7.40. The van der Waals surface area contributed by atoms with Crippen molar-refractivity contribution in [3.05, 3.63) is 96.1 Å². The second-order valence-corrected chi connectivity index (χ2v) is 8.77. The zero-order valence-corrected chi connectivity index (χ0v) is 16.8. The number of likely N-dealkylation sites (tertiary alicyclic amines) is 1. The van der Waals surface area contributed by atoms with Crippen LogP contribution >= 0.6 is 0 Å². The second kappa shape index (κ2) is 6.36. The van der Waals surface area contributed by atoms with E-state index in [-0.39, 0.29) is 5.41 Å². The van der Waals surface area contributed by atoms with Gasteiger partial charge >= 0.3 is 0 Å². The summed E-state index contributed by atoms with van der Waals surface area (Å²) in [5, 5.41) is 3.92.